The maximum atomic E-state index is 5.78. The lowest BCUT2D eigenvalue weighted by atomic mass is 9.96. The highest BCUT2D eigenvalue weighted by Crippen LogP contribution is 2.26. The average molecular weight is 284 g/mol. The molecule has 0 saturated heterocycles. The molecule has 3 N–H and O–H groups in total. The molecule has 0 aliphatic carbocycles. The minimum absolute atomic E-state index is 0.0329. The summed E-state index contributed by atoms with van der Waals surface area (Å²) in [4.78, 5) is 0. The first-order valence-corrected chi connectivity index (χ1v) is 7.41. The number of ether oxygens (including phenoxy) is 1. The zero-order valence-electron chi connectivity index (χ0n) is 13.0. The normalized spacial score (nSPS) is 12.2. The van der Waals surface area contributed by atoms with Gasteiger partial charge in [-0.3, -0.25) is 5.84 Å². The van der Waals surface area contributed by atoms with Crippen LogP contribution in [0.2, 0.25) is 0 Å². The van der Waals surface area contributed by atoms with E-state index >= 15 is 0 Å². The summed E-state index contributed by atoms with van der Waals surface area (Å²) in [6, 6.07) is 14.5. The fourth-order valence-electron chi connectivity index (χ4n) is 2.33. The molecule has 0 heterocycles. The van der Waals surface area contributed by atoms with Gasteiger partial charge in [0.05, 0.1) is 12.6 Å². The van der Waals surface area contributed by atoms with Gasteiger partial charge in [0.15, 0.2) is 0 Å². The Labute approximate surface area is 127 Å². The first-order chi connectivity index (χ1) is 10.2. The van der Waals surface area contributed by atoms with E-state index < -0.39 is 0 Å². The van der Waals surface area contributed by atoms with Crippen molar-refractivity contribution >= 4 is 0 Å². The van der Waals surface area contributed by atoms with Crippen LogP contribution in [0, 0.1) is 13.8 Å². The minimum Gasteiger partial charge on any atom is -0.494 e. The Balaban J connectivity index is 2.30. The number of rotatable bonds is 6. The summed E-state index contributed by atoms with van der Waals surface area (Å²) >= 11 is 0. The number of hydrazine groups is 1. The van der Waals surface area contributed by atoms with Gasteiger partial charge in [0.2, 0.25) is 0 Å². The van der Waals surface area contributed by atoms with Crippen LogP contribution >= 0.6 is 0 Å². The largest absolute Gasteiger partial charge is 0.494 e. The number of hydrogen-bond donors (Lipinski definition) is 2. The SMILES string of the molecule is CCCOc1cccc(C(NN)c2ccc(C)c(C)c2)c1. The summed E-state index contributed by atoms with van der Waals surface area (Å²) in [5.41, 5.74) is 7.73. The summed E-state index contributed by atoms with van der Waals surface area (Å²) in [5, 5.41) is 0. The Bertz CT molecular complexity index is 596. The highest BCUT2D eigenvalue weighted by Gasteiger charge is 2.13. The van der Waals surface area contributed by atoms with Crippen molar-refractivity contribution in [3.8, 4) is 5.75 Å². The predicted octanol–water partition coefficient (Wildman–Crippen LogP) is 3.64. The molecular weight excluding hydrogens is 260 g/mol. The fraction of sp³-hybridized carbons (Fsp3) is 0.333. The van der Waals surface area contributed by atoms with Crippen LogP contribution in [0.25, 0.3) is 0 Å². The van der Waals surface area contributed by atoms with E-state index in [-0.39, 0.29) is 6.04 Å². The Hall–Kier alpha value is -1.84. The quantitative estimate of drug-likeness (QED) is 0.629. The van der Waals surface area contributed by atoms with Crippen molar-refractivity contribution in [2.24, 2.45) is 5.84 Å². The minimum atomic E-state index is -0.0329. The molecule has 0 saturated carbocycles. The molecule has 0 spiro atoms. The van der Waals surface area contributed by atoms with E-state index in [0.717, 1.165) is 29.9 Å². The van der Waals surface area contributed by atoms with Crippen LogP contribution in [0.3, 0.4) is 0 Å². The molecule has 0 fully saturated rings. The van der Waals surface area contributed by atoms with E-state index in [4.69, 9.17) is 10.6 Å². The first kappa shape index (κ1) is 15.5. The molecule has 0 amide bonds. The summed E-state index contributed by atoms with van der Waals surface area (Å²) in [6.45, 7) is 7.06. The Morgan fingerprint density at radius 1 is 1.05 bits per heavy atom. The molecule has 0 bridgehead atoms. The Morgan fingerprint density at radius 3 is 2.48 bits per heavy atom. The summed E-state index contributed by atoms with van der Waals surface area (Å²) in [7, 11) is 0. The van der Waals surface area contributed by atoms with Gasteiger partial charge in [0.1, 0.15) is 5.75 Å². The average Bonchev–Trinajstić information content (AvgIpc) is 2.50. The number of nitrogens with one attached hydrogen (secondary N) is 1. The third-order valence-electron chi connectivity index (χ3n) is 3.70. The van der Waals surface area contributed by atoms with E-state index in [1.165, 1.54) is 11.1 Å². The van der Waals surface area contributed by atoms with E-state index in [1.54, 1.807) is 0 Å². The van der Waals surface area contributed by atoms with Gasteiger partial charge in [-0.1, -0.05) is 37.3 Å². The molecule has 1 unspecified atom stereocenters. The molecule has 21 heavy (non-hydrogen) atoms. The molecule has 3 nitrogen and oxygen atoms in total. The van der Waals surface area contributed by atoms with E-state index in [9.17, 15) is 0 Å². The third-order valence-corrected chi connectivity index (χ3v) is 3.70. The van der Waals surface area contributed by atoms with Crippen LogP contribution in [0.5, 0.6) is 5.75 Å². The lowest BCUT2D eigenvalue weighted by Gasteiger charge is -2.19. The third kappa shape index (κ3) is 3.84. The van der Waals surface area contributed by atoms with Gasteiger partial charge in [-0.25, -0.2) is 5.43 Å². The molecule has 112 valence electrons. The highest BCUT2D eigenvalue weighted by atomic mass is 16.5. The molecule has 0 aliphatic heterocycles. The molecule has 0 aliphatic rings. The molecule has 2 aromatic rings. The second-order valence-electron chi connectivity index (χ2n) is 5.36. The van der Waals surface area contributed by atoms with E-state index in [0.29, 0.717) is 0 Å². The van der Waals surface area contributed by atoms with Crippen LogP contribution < -0.4 is 16.0 Å². The smallest absolute Gasteiger partial charge is 0.119 e. The van der Waals surface area contributed by atoms with Gasteiger partial charge < -0.3 is 4.74 Å². The van der Waals surface area contributed by atoms with Crippen molar-refractivity contribution in [3.05, 3.63) is 64.7 Å². The Morgan fingerprint density at radius 2 is 1.81 bits per heavy atom. The Kier molecular flexibility index (Phi) is 5.37. The molecule has 2 rings (SSSR count). The van der Waals surface area contributed by atoms with Crippen molar-refractivity contribution in [3.63, 3.8) is 0 Å². The van der Waals surface area contributed by atoms with E-state index in [1.807, 2.05) is 12.1 Å². The van der Waals surface area contributed by atoms with Gasteiger partial charge in [-0.15, -0.1) is 0 Å². The fourth-order valence-corrected chi connectivity index (χ4v) is 2.33. The summed E-state index contributed by atoms with van der Waals surface area (Å²) in [5.74, 6) is 6.67. The zero-order chi connectivity index (χ0) is 15.2. The van der Waals surface area contributed by atoms with Crippen LogP contribution in [-0.4, -0.2) is 6.61 Å². The molecule has 3 heteroatoms. The number of hydrogen-bond acceptors (Lipinski definition) is 3. The molecule has 0 aromatic heterocycles. The standard InChI is InChI=1S/C18H24N2O/c1-4-10-21-17-7-5-6-15(12-17)18(20-19)16-9-8-13(2)14(3)11-16/h5-9,11-12,18,20H,4,10,19H2,1-3H3. The summed E-state index contributed by atoms with van der Waals surface area (Å²) < 4.78 is 5.70. The topological polar surface area (TPSA) is 47.3 Å². The molecular formula is C18H24N2O. The van der Waals surface area contributed by atoms with Crippen molar-refractivity contribution < 1.29 is 4.74 Å². The number of aryl methyl sites for hydroxylation is 2. The lowest BCUT2D eigenvalue weighted by molar-refractivity contribution is 0.317. The van der Waals surface area contributed by atoms with Crippen LogP contribution in [0.15, 0.2) is 42.5 Å². The van der Waals surface area contributed by atoms with Gasteiger partial charge >= 0.3 is 0 Å². The highest BCUT2D eigenvalue weighted by molar-refractivity contribution is 5.39. The molecule has 1 atom stereocenters. The van der Waals surface area contributed by atoms with Crippen LogP contribution in [-0.2, 0) is 0 Å². The molecule has 0 radical (unpaired) electrons. The van der Waals surface area contributed by atoms with Crippen molar-refractivity contribution in [2.45, 2.75) is 33.2 Å². The zero-order valence-corrected chi connectivity index (χ0v) is 13.0. The van der Waals surface area contributed by atoms with Gasteiger partial charge in [-0.05, 0) is 54.7 Å². The second-order valence-corrected chi connectivity index (χ2v) is 5.36. The van der Waals surface area contributed by atoms with Gasteiger partial charge in [-0.2, -0.15) is 0 Å². The number of nitrogens with two attached hydrogens (primary N) is 1. The monoisotopic (exact) mass is 284 g/mol. The summed E-state index contributed by atoms with van der Waals surface area (Å²) in [6.07, 6.45) is 1.000. The molecule has 2 aromatic carbocycles. The maximum Gasteiger partial charge on any atom is 0.119 e. The first-order valence-electron chi connectivity index (χ1n) is 7.41. The van der Waals surface area contributed by atoms with Crippen molar-refractivity contribution in [1.82, 2.24) is 5.43 Å². The second kappa shape index (κ2) is 7.25. The predicted molar refractivity (Wildman–Crippen MR) is 87.3 cm³/mol. The maximum absolute atomic E-state index is 5.78. The van der Waals surface area contributed by atoms with Crippen molar-refractivity contribution in [1.29, 1.82) is 0 Å². The van der Waals surface area contributed by atoms with Gasteiger partial charge in [0.25, 0.3) is 0 Å². The van der Waals surface area contributed by atoms with Crippen LogP contribution in [0.4, 0.5) is 0 Å². The van der Waals surface area contributed by atoms with Crippen molar-refractivity contribution in [2.75, 3.05) is 6.61 Å². The van der Waals surface area contributed by atoms with E-state index in [2.05, 4.69) is 56.5 Å². The van der Waals surface area contributed by atoms with Gasteiger partial charge in [0, 0.05) is 0 Å². The lowest BCUT2D eigenvalue weighted by Crippen LogP contribution is -2.28. The van der Waals surface area contributed by atoms with Crippen LogP contribution in [0.1, 0.15) is 41.6 Å². The number of benzene rings is 2.